The maximum atomic E-state index is 12.8. The monoisotopic (exact) mass is 891 g/mol. The molecule has 0 aromatic heterocycles. The second kappa shape index (κ2) is 52.2. The minimum absolute atomic E-state index is 0.0901. The van der Waals surface area contributed by atoms with Crippen molar-refractivity contribution < 1.29 is 28.6 Å². The van der Waals surface area contributed by atoms with Crippen LogP contribution >= 0.6 is 0 Å². The van der Waals surface area contributed by atoms with E-state index in [9.17, 15) is 14.4 Å². The van der Waals surface area contributed by atoms with E-state index < -0.39 is 6.10 Å². The first-order valence-electron chi connectivity index (χ1n) is 26.6. The molecule has 0 saturated carbocycles. The molecule has 6 heteroatoms. The molecule has 0 aromatic rings. The van der Waals surface area contributed by atoms with E-state index in [1.54, 1.807) is 0 Å². The van der Waals surface area contributed by atoms with Crippen LogP contribution in [-0.2, 0) is 28.6 Å². The molecule has 0 spiro atoms. The van der Waals surface area contributed by atoms with Gasteiger partial charge in [-0.15, -0.1) is 0 Å². The van der Waals surface area contributed by atoms with Crippen molar-refractivity contribution in [2.75, 3.05) is 13.2 Å². The SMILES string of the molecule is CC/C=C\C/C=C\C/C=C\CCCCCCCCCC(=O)OC(COC(=O)CCCCCCC/C=C\CCC)COC(=O)CCCCCCCC/C=C\C/C=C\C/C=C\CCCCC. The Labute approximate surface area is 395 Å². The molecule has 1 atom stereocenters. The summed E-state index contributed by atoms with van der Waals surface area (Å²) >= 11 is 0. The lowest BCUT2D eigenvalue weighted by atomic mass is 10.1. The molecule has 0 N–H and O–H groups in total. The standard InChI is InChI=1S/C58H98O6/c1-4-7-10-13-16-19-22-24-26-28-29-31-32-34-36-39-42-45-48-51-57(60)63-54-55(53-62-56(59)50-47-44-41-38-21-18-15-12-9-6-3)64-58(61)52-49-46-43-40-37-35-33-30-27-25-23-20-17-14-11-8-5-2/h8,11-12,15-17,19-20,24-27,29,31,55H,4-7,9-10,13-14,18,21-23,28,30,32-54H2,1-3H3/b11-8-,15-12-,19-16-,20-17-,26-24-,27-25-,31-29-. The normalized spacial score (nSPS) is 12.7. The highest BCUT2D eigenvalue weighted by Crippen LogP contribution is 2.14. The number of esters is 3. The smallest absolute Gasteiger partial charge is 0.306 e. The van der Waals surface area contributed by atoms with Gasteiger partial charge in [-0.3, -0.25) is 14.4 Å². The molecular weight excluding hydrogens is 793 g/mol. The lowest BCUT2D eigenvalue weighted by Crippen LogP contribution is -2.30. The zero-order chi connectivity index (χ0) is 46.5. The van der Waals surface area contributed by atoms with E-state index in [-0.39, 0.29) is 31.1 Å². The van der Waals surface area contributed by atoms with Gasteiger partial charge in [-0.05, 0) is 109 Å². The Morgan fingerprint density at radius 2 is 0.641 bits per heavy atom. The van der Waals surface area contributed by atoms with Crippen molar-refractivity contribution in [2.45, 2.75) is 252 Å². The number of carbonyl (C=O) groups excluding carboxylic acids is 3. The molecule has 0 aliphatic rings. The quantitative estimate of drug-likeness (QED) is 0.0262. The topological polar surface area (TPSA) is 78.9 Å². The summed E-state index contributed by atoms with van der Waals surface area (Å²) in [4.78, 5) is 38.0. The predicted molar refractivity (Wildman–Crippen MR) is 274 cm³/mol. The van der Waals surface area contributed by atoms with Gasteiger partial charge in [0.25, 0.3) is 0 Å². The van der Waals surface area contributed by atoms with E-state index in [1.165, 1.54) is 83.5 Å². The third-order valence-corrected chi connectivity index (χ3v) is 11.1. The largest absolute Gasteiger partial charge is 0.462 e. The molecule has 0 aliphatic carbocycles. The maximum absolute atomic E-state index is 12.8. The van der Waals surface area contributed by atoms with Gasteiger partial charge in [0, 0.05) is 19.3 Å². The number of rotatable bonds is 47. The summed E-state index contributed by atoms with van der Waals surface area (Å²) in [6, 6.07) is 0. The predicted octanol–water partition coefficient (Wildman–Crippen LogP) is 17.6. The van der Waals surface area contributed by atoms with Crippen molar-refractivity contribution in [2.24, 2.45) is 0 Å². The molecule has 366 valence electrons. The molecule has 0 aliphatic heterocycles. The number of carbonyl (C=O) groups is 3. The first kappa shape index (κ1) is 60.6. The van der Waals surface area contributed by atoms with Gasteiger partial charge in [0.05, 0.1) is 0 Å². The van der Waals surface area contributed by atoms with Crippen molar-refractivity contribution >= 4 is 17.9 Å². The van der Waals surface area contributed by atoms with E-state index in [0.29, 0.717) is 19.3 Å². The van der Waals surface area contributed by atoms with Gasteiger partial charge < -0.3 is 14.2 Å². The van der Waals surface area contributed by atoms with E-state index >= 15 is 0 Å². The van der Waals surface area contributed by atoms with Crippen molar-refractivity contribution in [3.8, 4) is 0 Å². The third-order valence-electron chi connectivity index (χ3n) is 11.1. The van der Waals surface area contributed by atoms with Crippen LogP contribution in [0.3, 0.4) is 0 Å². The average Bonchev–Trinajstić information content (AvgIpc) is 3.29. The summed E-state index contributed by atoms with van der Waals surface area (Å²) in [7, 11) is 0. The first-order chi connectivity index (χ1) is 31.5. The molecule has 1 unspecified atom stereocenters. The Kier molecular flexibility index (Phi) is 49.4. The zero-order valence-electron chi connectivity index (χ0n) is 41.8. The fourth-order valence-electron chi connectivity index (χ4n) is 7.11. The number of hydrogen-bond donors (Lipinski definition) is 0. The number of unbranched alkanes of at least 4 members (excludes halogenated alkanes) is 22. The summed E-state index contributed by atoms with van der Waals surface area (Å²) in [6.45, 7) is 6.41. The van der Waals surface area contributed by atoms with Gasteiger partial charge in [0.1, 0.15) is 13.2 Å². The van der Waals surface area contributed by atoms with Gasteiger partial charge in [0.15, 0.2) is 6.10 Å². The van der Waals surface area contributed by atoms with Crippen LogP contribution in [0.5, 0.6) is 0 Å². The molecule has 0 heterocycles. The van der Waals surface area contributed by atoms with Gasteiger partial charge >= 0.3 is 17.9 Å². The summed E-state index contributed by atoms with van der Waals surface area (Å²) in [6.07, 6.45) is 67.1. The van der Waals surface area contributed by atoms with Crippen LogP contribution in [0.2, 0.25) is 0 Å². The van der Waals surface area contributed by atoms with Crippen molar-refractivity contribution in [3.05, 3.63) is 85.1 Å². The number of hydrogen-bond acceptors (Lipinski definition) is 6. The van der Waals surface area contributed by atoms with Gasteiger partial charge in [-0.1, -0.05) is 202 Å². The van der Waals surface area contributed by atoms with Crippen molar-refractivity contribution in [3.63, 3.8) is 0 Å². The molecule has 0 fully saturated rings. The Balaban J connectivity index is 4.38. The number of allylic oxidation sites excluding steroid dienone is 14. The second-order valence-electron chi connectivity index (χ2n) is 17.4. The van der Waals surface area contributed by atoms with Crippen LogP contribution < -0.4 is 0 Å². The molecule has 0 aromatic carbocycles. The average molecular weight is 891 g/mol. The summed E-state index contributed by atoms with van der Waals surface area (Å²) in [5.74, 6) is -0.923. The molecule has 0 saturated heterocycles. The molecular formula is C58H98O6. The first-order valence-corrected chi connectivity index (χ1v) is 26.6. The molecule has 0 radical (unpaired) electrons. The third kappa shape index (κ3) is 49.6. The van der Waals surface area contributed by atoms with Crippen LogP contribution in [0.15, 0.2) is 85.1 Å². The van der Waals surface area contributed by atoms with Crippen LogP contribution in [0.4, 0.5) is 0 Å². The van der Waals surface area contributed by atoms with E-state index in [1.807, 2.05) is 0 Å². The molecule has 0 rings (SSSR count). The van der Waals surface area contributed by atoms with Gasteiger partial charge in [-0.25, -0.2) is 0 Å². The highest BCUT2D eigenvalue weighted by atomic mass is 16.6. The Bertz CT molecular complexity index is 1250. The minimum Gasteiger partial charge on any atom is -0.462 e. The van der Waals surface area contributed by atoms with Gasteiger partial charge in [-0.2, -0.15) is 0 Å². The van der Waals surface area contributed by atoms with Crippen molar-refractivity contribution in [1.29, 1.82) is 0 Å². The molecule has 0 amide bonds. The Hall–Kier alpha value is -3.41. The molecule has 0 bridgehead atoms. The minimum atomic E-state index is -0.790. The lowest BCUT2D eigenvalue weighted by Gasteiger charge is -2.18. The fraction of sp³-hybridized carbons (Fsp3) is 0.707. The highest BCUT2D eigenvalue weighted by molar-refractivity contribution is 5.71. The van der Waals surface area contributed by atoms with E-state index in [2.05, 4.69) is 106 Å². The Morgan fingerprint density at radius 3 is 1.03 bits per heavy atom. The van der Waals surface area contributed by atoms with E-state index in [4.69, 9.17) is 14.2 Å². The number of ether oxygens (including phenoxy) is 3. The van der Waals surface area contributed by atoms with E-state index in [0.717, 1.165) is 122 Å². The molecule has 64 heavy (non-hydrogen) atoms. The summed E-state index contributed by atoms with van der Waals surface area (Å²) < 4.78 is 16.8. The second-order valence-corrected chi connectivity index (χ2v) is 17.4. The van der Waals surface area contributed by atoms with Crippen LogP contribution in [0.1, 0.15) is 245 Å². The highest BCUT2D eigenvalue weighted by Gasteiger charge is 2.19. The zero-order valence-corrected chi connectivity index (χ0v) is 41.8. The maximum Gasteiger partial charge on any atom is 0.306 e. The fourth-order valence-corrected chi connectivity index (χ4v) is 7.11. The molecule has 6 nitrogen and oxygen atoms in total. The van der Waals surface area contributed by atoms with Crippen molar-refractivity contribution in [1.82, 2.24) is 0 Å². The lowest BCUT2D eigenvalue weighted by molar-refractivity contribution is -0.167. The van der Waals surface area contributed by atoms with Crippen LogP contribution in [0, 0.1) is 0 Å². The Morgan fingerprint density at radius 1 is 0.328 bits per heavy atom. The summed E-state index contributed by atoms with van der Waals surface area (Å²) in [5, 5.41) is 0. The summed E-state index contributed by atoms with van der Waals surface area (Å²) in [5.41, 5.74) is 0. The van der Waals surface area contributed by atoms with Crippen LogP contribution in [-0.4, -0.2) is 37.2 Å². The van der Waals surface area contributed by atoms with Gasteiger partial charge in [0.2, 0.25) is 0 Å². The van der Waals surface area contributed by atoms with Crippen LogP contribution in [0.25, 0.3) is 0 Å².